The molecule has 0 aliphatic heterocycles. The Balaban J connectivity index is 4.03. The molecule has 15 heavy (non-hydrogen) atoms. The molecule has 1 atom stereocenters. The fraction of sp³-hybridized carbons (Fsp3) is 0.818. The molecule has 0 saturated heterocycles. The quantitative estimate of drug-likeness (QED) is 0.738. The van der Waals surface area contributed by atoms with Gasteiger partial charge in [0.15, 0.2) is 0 Å². The van der Waals surface area contributed by atoms with Gasteiger partial charge in [-0.3, -0.25) is 4.79 Å². The van der Waals surface area contributed by atoms with Gasteiger partial charge in [0.05, 0.1) is 6.07 Å². The molecule has 0 saturated carbocycles. The molecule has 0 radical (unpaired) electrons. The number of nitrogens with zero attached hydrogens (tertiary/aromatic N) is 2. The lowest BCUT2D eigenvalue weighted by Crippen LogP contribution is -2.42. The molecule has 0 aromatic rings. The van der Waals surface area contributed by atoms with Crippen molar-refractivity contribution < 1.29 is 4.79 Å². The number of nitriles is 1. The van der Waals surface area contributed by atoms with Crippen molar-refractivity contribution in [2.75, 3.05) is 20.6 Å². The Morgan fingerprint density at radius 1 is 1.53 bits per heavy atom. The minimum atomic E-state index is -0.938. The molecule has 86 valence electrons. The summed E-state index contributed by atoms with van der Waals surface area (Å²) in [4.78, 5) is 13.7. The number of nitrogens with one attached hydrogen (secondary N) is 1. The molecule has 0 rings (SSSR count). The van der Waals surface area contributed by atoms with Crippen LogP contribution < -0.4 is 5.32 Å². The van der Waals surface area contributed by atoms with Gasteiger partial charge < -0.3 is 10.2 Å². The van der Waals surface area contributed by atoms with E-state index in [1.54, 1.807) is 13.8 Å². The van der Waals surface area contributed by atoms with Crippen molar-refractivity contribution in [3.8, 4) is 6.07 Å². The van der Waals surface area contributed by atoms with Crippen LogP contribution in [0.5, 0.6) is 0 Å². The van der Waals surface area contributed by atoms with Gasteiger partial charge in [0.1, 0.15) is 5.41 Å². The summed E-state index contributed by atoms with van der Waals surface area (Å²) in [6, 6.07) is 2.09. The van der Waals surface area contributed by atoms with Crippen LogP contribution in [0.2, 0.25) is 0 Å². The first-order valence-corrected chi connectivity index (χ1v) is 5.16. The highest BCUT2D eigenvalue weighted by atomic mass is 16.2. The largest absolute Gasteiger partial charge is 0.352 e. The van der Waals surface area contributed by atoms with E-state index in [-0.39, 0.29) is 11.9 Å². The summed E-state index contributed by atoms with van der Waals surface area (Å²) >= 11 is 0. The molecule has 0 heterocycles. The minimum Gasteiger partial charge on any atom is -0.352 e. The number of carbonyl (C=O) groups excluding carboxylic acids is 1. The zero-order valence-corrected chi connectivity index (χ0v) is 10.3. The first-order valence-electron chi connectivity index (χ1n) is 5.16. The van der Waals surface area contributed by atoms with Crippen LogP contribution in [0.4, 0.5) is 0 Å². The van der Waals surface area contributed by atoms with Gasteiger partial charge in [0.25, 0.3) is 0 Å². The van der Waals surface area contributed by atoms with Crippen LogP contribution in [0.25, 0.3) is 0 Å². The summed E-state index contributed by atoms with van der Waals surface area (Å²) in [5, 5.41) is 11.6. The number of hydrogen-bond donors (Lipinski definition) is 1. The standard InChI is InChI=1S/C11H21N3O/c1-9(6-7-14(4)5)13-10(15)11(2,3)8-12/h9H,6-7H2,1-5H3,(H,13,15). The molecule has 0 aliphatic carbocycles. The first-order chi connectivity index (χ1) is 6.79. The van der Waals surface area contributed by atoms with E-state index in [1.165, 1.54) is 0 Å². The number of rotatable bonds is 5. The van der Waals surface area contributed by atoms with Crippen LogP contribution in [0.3, 0.4) is 0 Å². The first kappa shape index (κ1) is 13.9. The van der Waals surface area contributed by atoms with E-state index in [0.717, 1.165) is 13.0 Å². The predicted octanol–water partition coefficient (Wildman–Crippen LogP) is 0.993. The van der Waals surface area contributed by atoms with Gasteiger partial charge in [-0.1, -0.05) is 0 Å². The normalized spacial score (nSPS) is 13.4. The maximum atomic E-state index is 11.6. The lowest BCUT2D eigenvalue weighted by atomic mass is 9.94. The molecule has 1 N–H and O–H groups in total. The third-order valence-electron chi connectivity index (χ3n) is 2.23. The second kappa shape index (κ2) is 5.72. The Morgan fingerprint density at radius 2 is 2.07 bits per heavy atom. The van der Waals surface area contributed by atoms with Crippen molar-refractivity contribution in [3.05, 3.63) is 0 Å². The molecule has 0 aromatic heterocycles. The zero-order valence-electron chi connectivity index (χ0n) is 10.3. The molecule has 4 heteroatoms. The molecule has 4 nitrogen and oxygen atoms in total. The fourth-order valence-electron chi connectivity index (χ4n) is 0.979. The number of carbonyl (C=O) groups is 1. The fourth-order valence-corrected chi connectivity index (χ4v) is 0.979. The van der Waals surface area contributed by atoms with E-state index in [4.69, 9.17) is 5.26 Å². The molecule has 1 amide bonds. The molecule has 1 unspecified atom stereocenters. The van der Waals surface area contributed by atoms with Gasteiger partial charge >= 0.3 is 0 Å². The van der Waals surface area contributed by atoms with Crippen molar-refractivity contribution in [1.82, 2.24) is 10.2 Å². The van der Waals surface area contributed by atoms with Gasteiger partial charge in [0.2, 0.25) is 5.91 Å². The van der Waals surface area contributed by atoms with Crippen molar-refractivity contribution in [1.29, 1.82) is 5.26 Å². The Bertz CT molecular complexity index is 253. The average molecular weight is 211 g/mol. The summed E-state index contributed by atoms with van der Waals surface area (Å²) < 4.78 is 0. The minimum absolute atomic E-state index is 0.104. The van der Waals surface area contributed by atoms with E-state index in [0.29, 0.717) is 0 Å². The van der Waals surface area contributed by atoms with Gasteiger partial charge in [-0.15, -0.1) is 0 Å². The molecular formula is C11H21N3O. The molecule has 0 aliphatic rings. The van der Waals surface area contributed by atoms with Crippen molar-refractivity contribution in [2.45, 2.75) is 33.2 Å². The Morgan fingerprint density at radius 3 is 2.47 bits per heavy atom. The van der Waals surface area contributed by atoms with Crippen molar-refractivity contribution in [3.63, 3.8) is 0 Å². The maximum absolute atomic E-state index is 11.6. The Kier molecular flexibility index (Phi) is 5.31. The van der Waals surface area contributed by atoms with E-state index in [1.807, 2.05) is 27.1 Å². The van der Waals surface area contributed by atoms with Crippen LogP contribution in [-0.2, 0) is 4.79 Å². The summed E-state index contributed by atoms with van der Waals surface area (Å²) in [5.41, 5.74) is -0.938. The summed E-state index contributed by atoms with van der Waals surface area (Å²) in [7, 11) is 3.99. The second-order valence-electron chi connectivity index (χ2n) is 4.70. The van der Waals surface area contributed by atoms with E-state index < -0.39 is 5.41 Å². The highest BCUT2D eigenvalue weighted by molar-refractivity contribution is 5.84. The van der Waals surface area contributed by atoms with Gasteiger partial charge in [-0.25, -0.2) is 0 Å². The molecule has 0 bridgehead atoms. The Labute approximate surface area is 92.3 Å². The topological polar surface area (TPSA) is 56.1 Å². The highest BCUT2D eigenvalue weighted by Crippen LogP contribution is 2.13. The van der Waals surface area contributed by atoms with Crippen LogP contribution in [0.1, 0.15) is 27.2 Å². The molecule has 0 aromatic carbocycles. The van der Waals surface area contributed by atoms with Crippen molar-refractivity contribution >= 4 is 5.91 Å². The second-order valence-corrected chi connectivity index (χ2v) is 4.70. The van der Waals surface area contributed by atoms with E-state index in [9.17, 15) is 4.79 Å². The van der Waals surface area contributed by atoms with Crippen molar-refractivity contribution in [2.24, 2.45) is 5.41 Å². The SMILES string of the molecule is CC(CCN(C)C)NC(=O)C(C)(C)C#N. The molecular weight excluding hydrogens is 190 g/mol. The average Bonchev–Trinajstić information content (AvgIpc) is 2.14. The van der Waals surface area contributed by atoms with E-state index in [2.05, 4.69) is 10.2 Å². The lowest BCUT2D eigenvalue weighted by Gasteiger charge is -2.21. The lowest BCUT2D eigenvalue weighted by molar-refractivity contribution is -0.127. The van der Waals surface area contributed by atoms with Gasteiger partial charge in [0, 0.05) is 6.04 Å². The summed E-state index contributed by atoms with van der Waals surface area (Å²) in [6.07, 6.45) is 0.889. The smallest absolute Gasteiger partial charge is 0.240 e. The van der Waals surface area contributed by atoms with Crippen LogP contribution in [0.15, 0.2) is 0 Å². The highest BCUT2D eigenvalue weighted by Gasteiger charge is 2.27. The predicted molar refractivity (Wildman–Crippen MR) is 60.2 cm³/mol. The molecule has 0 fully saturated rings. The maximum Gasteiger partial charge on any atom is 0.240 e. The third kappa shape index (κ3) is 5.38. The number of amides is 1. The van der Waals surface area contributed by atoms with Crippen LogP contribution >= 0.6 is 0 Å². The summed E-state index contributed by atoms with van der Waals surface area (Å²) in [5.74, 6) is -0.198. The van der Waals surface area contributed by atoms with E-state index >= 15 is 0 Å². The Hall–Kier alpha value is -1.08. The monoisotopic (exact) mass is 211 g/mol. The van der Waals surface area contributed by atoms with Crippen LogP contribution in [-0.4, -0.2) is 37.5 Å². The van der Waals surface area contributed by atoms with Gasteiger partial charge in [-0.05, 0) is 47.8 Å². The van der Waals surface area contributed by atoms with Gasteiger partial charge in [-0.2, -0.15) is 5.26 Å². The van der Waals surface area contributed by atoms with Crippen LogP contribution in [0, 0.1) is 16.7 Å². The zero-order chi connectivity index (χ0) is 12.1. The third-order valence-corrected chi connectivity index (χ3v) is 2.23. The summed E-state index contributed by atoms with van der Waals surface area (Å²) in [6.45, 7) is 6.13. The number of hydrogen-bond acceptors (Lipinski definition) is 3. The molecule has 0 spiro atoms.